The molecule has 0 radical (unpaired) electrons. The predicted molar refractivity (Wildman–Crippen MR) is 118 cm³/mol. The lowest BCUT2D eigenvalue weighted by Crippen LogP contribution is -2.16. The Balaban J connectivity index is 1.50. The largest absolute Gasteiger partial charge is 0.475 e. The highest BCUT2D eigenvalue weighted by atomic mass is 32.2. The molecular weight excluding hydrogens is 437 g/mol. The van der Waals surface area contributed by atoms with Gasteiger partial charge in [0.25, 0.3) is 0 Å². The molecule has 0 amide bonds. The molecule has 2 unspecified atom stereocenters. The molecule has 32 heavy (non-hydrogen) atoms. The molecule has 0 saturated heterocycles. The van der Waals surface area contributed by atoms with E-state index in [2.05, 4.69) is 9.97 Å². The van der Waals surface area contributed by atoms with Gasteiger partial charge in [0.05, 0.1) is 17.1 Å². The highest BCUT2D eigenvalue weighted by molar-refractivity contribution is 7.86. The molecule has 4 aromatic rings. The molecule has 2 N–H and O–H groups in total. The van der Waals surface area contributed by atoms with E-state index in [0.29, 0.717) is 12.8 Å². The van der Waals surface area contributed by atoms with E-state index in [9.17, 15) is 22.5 Å². The van der Waals surface area contributed by atoms with Gasteiger partial charge in [0, 0.05) is 11.3 Å². The van der Waals surface area contributed by atoms with Crippen molar-refractivity contribution in [2.24, 2.45) is 0 Å². The van der Waals surface area contributed by atoms with Gasteiger partial charge in [-0.3, -0.25) is 0 Å². The lowest BCUT2D eigenvalue weighted by atomic mass is 9.96. The van der Waals surface area contributed by atoms with Crippen LogP contribution >= 0.6 is 0 Å². The number of aromatic amines is 1. The molecule has 0 fully saturated rings. The minimum Gasteiger partial charge on any atom is -0.389 e. The van der Waals surface area contributed by atoms with Crippen molar-refractivity contribution in [1.82, 2.24) is 9.97 Å². The number of H-pyrrole nitrogens is 1. The van der Waals surface area contributed by atoms with Gasteiger partial charge in [-0.1, -0.05) is 42.5 Å². The Morgan fingerprint density at radius 1 is 1.03 bits per heavy atom. The van der Waals surface area contributed by atoms with E-state index in [1.807, 2.05) is 42.5 Å². The third kappa shape index (κ3) is 4.76. The molecule has 0 spiro atoms. The Morgan fingerprint density at radius 2 is 1.75 bits per heavy atom. The van der Waals surface area contributed by atoms with Crippen LogP contribution < -0.4 is 0 Å². The van der Waals surface area contributed by atoms with Crippen LogP contribution in [0.5, 0.6) is 0 Å². The zero-order valence-corrected chi connectivity index (χ0v) is 18.0. The number of alkyl halides is 3. The fourth-order valence-corrected chi connectivity index (χ4v) is 4.30. The van der Waals surface area contributed by atoms with Crippen LogP contribution in [0.2, 0.25) is 0 Å². The molecule has 0 saturated carbocycles. The van der Waals surface area contributed by atoms with E-state index in [4.69, 9.17) is 0 Å². The van der Waals surface area contributed by atoms with E-state index in [1.54, 1.807) is 19.1 Å². The Bertz CT molecular complexity index is 1260. The summed E-state index contributed by atoms with van der Waals surface area (Å²) in [5.41, 5.74) is 0.531. The second-order valence-electron chi connectivity index (χ2n) is 7.54. The van der Waals surface area contributed by atoms with Gasteiger partial charge in [-0.15, -0.1) is 0 Å². The molecule has 0 bridgehead atoms. The summed E-state index contributed by atoms with van der Waals surface area (Å²) >= 11 is 0. The molecule has 1 heterocycles. The summed E-state index contributed by atoms with van der Waals surface area (Å²) in [5, 5.41) is 10.1. The molecule has 166 valence electrons. The van der Waals surface area contributed by atoms with Gasteiger partial charge in [0.1, 0.15) is 5.82 Å². The van der Waals surface area contributed by atoms with Crippen molar-refractivity contribution >= 4 is 21.8 Å². The number of aliphatic hydroxyl groups is 1. The van der Waals surface area contributed by atoms with E-state index in [-0.39, 0.29) is 4.90 Å². The summed E-state index contributed by atoms with van der Waals surface area (Å²) in [6.07, 6.45) is 0.575. The summed E-state index contributed by atoms with van der Waals surface area (Å²) in [6, 6.07) is 19.2. The van der Waals surface area contributed by atoms with Gasteiger partial charge in [-0.25, -0.2) is 9.19 Å². The topological polar surface area (TPSA) is 66.0 Å². The van der Waals surface area contributed by atoms with Crippen molar-refractivity contribution in [3.05, 3.63) is 83.7 Å². The summed E-state index contributed by atoms with van der Waals surface area (Å²) < 4.78 is 49.1. The van der Waals surface area contributed by atoms with E-state index < -0.39 is 22.4 Å². The molecule has 8 heteroatoms. The van der Waals surface area contributed by atoms with E-state index in [1.165, 1.54) is 12.1 Å². The lowest BCUT2D eigenvalue weighted by molar-refractivity contribution is -0.0384. The number of aryl methyl sites for hydroxylation is 2. The zero-order chi connectivity index (χ0) is 22.9. The number of nitrogens with one attached hydrogen (secondary N) is 1. The van der Waals surface area contributed by atoms with Crippen LogP contribution in [-0.2, 0) is 23.6 Å². The van der Waals surface area contributed by atoms with Crippen LogP contribution in [0.25, 0.3) is 22.2 Å². The first-order valence-corrected chi connectivity index (χ1v) is 11.2. The van der Waals surface area contributed by atoms with Gasteiger partial charge < -0.3 is 10.1 Å². The van der Waals surface area contributed by atoms with Crippen LogP contribution in [0.3, 0.4) is 0 Å². The number of benzene rings is 3. The minimum absolute atomic E-state index is 0.255. The number of rotatable bonds is 6. The molecule has 0 aliphatic heterocycles. The fraction of sp³-hybridized carbons (Fsp3) is 0.208. The molecule has 3 aromatic carbocycles. The standard InChI is InChI=1S/C24H21F3N2O2S/c1-15(30)19-4-2-3-5-20(19)17-9-12-21-22(14-17)29-23(28-21)13-8-16-6-10-18(11-7-16)32(31)24(25,26)27/h2-7,9-12,14-15,30H,8,13H2,1H3,(H,28,29). The van der Waals surface area contributed by atoms with Crippen molar-refractivity contribution in [1.29, 1.82) is 0 Å². The third-order valence-electron chi connectivity index (χ3n) is 5.25. The number of halogens is 3. The van der Waals surface area contributed by atoms with Gasteiger partial charge >= 0.3 is 5.51 Å². The Labute approximate surface area is 185 Å². The van der Waals surface area contributed by atoms with Gasteiger partial charge in [0.15, 0.2) is 10.8 Å². The van der Waals surface area contributed by atoms with Gasteiger partial charge in [-0.2, -0.15) is 13.2 Å². The highest BCUT2D eigenvalue weighted by Crippen LogP contribution is 2.30. The summed E-state index contributed by atoms with van der Waals surface area (Å²) in [4.78, 5) is 7.64. The molecule has 4 nitrogen and oxygen atoms in total. The molecule has 0 aliphatic carbocycles. The maximum absolute atomic E-state index is 12.6. The second kappa shape index (κ2) is 8.88. The van der Waals surface area contributed by atoms with E-state index >= 15 is 0 Å². The maximum Gasteiger partial charge on any atom is 0.475 e. The van der Waals surface area contributed by atoms with Crippen LogP contribution in [0.4, 0.5) is 13.2 Å². The lowest BCUT2D eigenvalue weighted by Gasteiger charge is -2.11. The second-order valence-corrected chi connectivity index (χ2v) is 9.01. The van der Waals surface area contributed by atoms with Crippen molar-refractivity contribution < 1.29 is 22.5 Å². The smallest absolute Gasteiger partial charge is 0.389 e. The van der Waals surface area contributed by atoms with Crippen molar-refractivity contribution in [2.75, 3.05) is 0 Å². The SMILES string of the molecule is CC(O)c1ccccc1-c1ccc2nc(CCc3ccc(S(=O)C(F)(F)F)cc3)[nH]c2c1. The van der Waals surface area contributed by atoms with Crippen LogP contribution in [0.15, 0.2) is 71.6 Å². The number of hydrogen-bond donors (Lipinski definition) is 2. The van der Waals surface area contributed by atoms with Crippen molar-refractivity contribution in [3.63, 3.8) is 0 Å². The number of imidazole rings is 1. The summed E-state index contributed by atoms with van der Waals surface area (Å²) in [5.74, 6) is 0.768. The van der Waals surface area contributed by atoms with Crippen LogP contribution in [-0.4, -0.2) is 24.8 Å². The predicted octanol–water partition coefficient (Wildman–Crippen LogP) is 5.70. The zero-order valence-electron chi connectivity index (χ0n) is 17.2. The summed E-state index contributed by atoms with van der Waals surface area (Å²) in [7, 11) is -3.02. The first-order chi connectivity index (χ1) is 15.2. The minimum atomic E-state index is -4.76. The van der Waals surface area contributed by atoms with Gasteiger partial charge in [-0.05, 0) is 59.9 Å². The Kier molecular flexibility index (Phi) is 6.17. The van der Waals surface area contributed by atoms with Gasteiger partial charge in [0.2, 0.25) is 0 Å². The molecule has 1 aromatic heterocycles. The number of fused-ring (bicyclic) bond motifs is 1. The monoisotopic (exact) mass is 458 g/mol. The number of aromatic nitrogens is 2. The highest BCUT2D eigenvalue weighted by Gasteiger charge is 2.37. The average Bonchev–Trinajstić information content (AvgIpc) is 3.19. The molecule has 0 aliphatic rings. The number of aliphatic hydroxyl groups excluding tert-OH is 1. The first kappa shape index (κ1) is 22.2. The fourth-order valence-electron chi connectivity index (χ4n) is 3.65. The third-order valence-corrected chi connectivity index (χ3v) is 6.37. The number of nitrogens with zero attached hydrogens (tertiary/aromatic N) is 1. The van der Waals surface area contributed by atoms with E-state index in [0.717, 1.165) is 39.1 Å². The van der Waals surface area contributed by atoms with Crippen molar-refractivity contribution in [3.8, 4) is 11.1 Å². The first-order valence-electron chi connectivity index (χ1n) is 10.1. The average molecular weight is 459 g/mol. The van der Waals surface area contributed by atoms with Crippen LogP contribution in [0, 0.1) is 0 Å². The maximum atomic E-state index is 12.6. The van der Waals surface area contributed by atoms with Crippen LogP contribution in [0.1, 0.15) is 30.0 Å². The Hall–Kier alpha value is -2.97. The molecular formula is C24H21F3N2O2S. The molecule has 4 rings (SSSR count). The Morgan fingerprint density at radius 3 is 2.44 bits per heavy atom. The van der Waals surface area contributed by atoms with Crippen molar-refractivity contribution in [2.45, 2.75) is 36.3 Å². The molecule has 2 atom stereocenters. The normalized spacial score (nSPS) is 13.9. The summed E-state index contributed by atoms with van der Waals surface area (Å²) in [6.45, 7) is 1.74. The quantitative estimate of drug-likeness (QED) is 0.390. The number of hydrogen-bond acceptors (Lipinski definition) is 3.